The summed E-state index contributed by atoms with van der Waals surface area (Å²) in [5, 5.41) is 26.5. The Labute approximate surface area is 260 Å². The quantitative estimate of drug-likeness (QED) is 0.132. The molecule has 242 valence electrons. The number of Topliss-reactive ketones (excluding diaryl/α,β-unsaturated/α-hetero) is 1. The lowest BCUT2D eigenvalue weighted by Crippen LogP contribution is -2.52. The largest absolute Gasteiger partial charge is 0.390 e. The van der Waals surface area contributed by atoms with E-state index in [2.05, 4.69) is 93.9 Å². The highest BCUT2D eigenvalue weighted by Crippen LogP contribution is 2.73. The minimum absolute atomic E-state index is 0.0794. The first kappa shape index (κ1) is 38.4. The fourth-order valence-corrected chi connectivity index (χ4v) is 7.16. The van der Waals surface area contributed by atoms with Gasteiger partial charge in [0.25, 0.3) is 0 Å². The minimum atomic E-state index is -1.03. The summed E-state index contributed by atoms with van der Waals surface area (Å²) in [5.41, 5.74) is -0.419. The predicted octanol–water partition coefficient (Wildman–Crippen LogP) is 9.20. The smallest absolute Gasteiger partial charge is 0.159 e. The summed E-state index contributed by atoms with van der Waals surface area (Å²) >= 11 is 0. The molecule has 2 saturated carbocycles. The molecule has 2 fully saturated rings. The third-order valence-corrected chi connectivity index (χ3v) is 9.85. The van der Waals surface area contributed by atoms with Gasteiger partial charge in [-0.25, -0.2) is 0 Å². The number of hydrogen-bond donors (Lipinski definition) is 3. The second kappa shape index (κ2) is 14.4. The van der Waals surface area contributed by atoms with Crippen LogP contribution in [-0.4, -0.2) is 33.2 Å². The van der Waals surface area contributed by atoms with Gasteiger partial charge in [-0.05, 0) is 98.9 Å². The maximum atomic E-state index is 14.3. The van der Waals surface area contributed by atoms with E-state index in [0.717, 1.165) is 43.4 Å². The van der Waals surface area contributed by atoms with Gasteiger partial charge in [0.15, 0.2) is 5.78 Å². The molecule has 0 bridgehead atoms. The molecule has 7 atom stereocenters. The second-order valence-corrected chi connectivity index (χ2v) is 16.6. The van der Waals surface area contributed by atoms with E-state index in [1.54, 1.807) is 0 Å². The normalized spacial score (nSPS) is 26.3. The van der Waals surface area contributed by atoms with Crippen LogP contribution < -0.4 is 5.32 Å². The van der Waals surface area contributed by atoms with Crippen LogP contribution in [0, 0.1) is 39.9 Å². The summed E-state index contributed by atoms with van der Waals surface area (Å²) in [5.74, 6) is 0.670. The van der Waals surface area contributed by atoms with Crippen molar-refractivity contribution in [2.75, 3.05) is 0 Å². The molecule has 0 aliphatic heterocycles. The number of carbonyl (C=O) groups excluding carboxylic acids is 1. The van der Waals surface area contributed by atoms with Gasteiger partial charge in [0.1, 0.15) is 0 Å². The summed E-state index contributed by atoms with van der Waals surface area (Å²) < 4.78 is 0. The van der Waals surface area contributed by atoms with E-state index in [-0.39, 0.29) is 39.9 Å². The zero-order valence-electron chi connectivity index (χ0n) is 29.3. The SMILES string of the molecule is C=CCC.C=CCCCC(C)(O)C(=C)CCC(C)(O)C1C(C(=O)C(NC(=C)CC(C)(C)C)C(C)(C)C)CC2C1C2(C)C. The van der Waals surface area contributed by atoms with E-state index in [4.69, 9.17) is 0 Å². The molecule has 0 amide bonds. The molecule has 2 aliphatic carbocycles. The highest BCUT2D eigenvalue weighted by molar-refractivity contribution is 5.88. The van der Waals surface area contributed by atoms with Gasteiger partial charge < -0.3 is 15.5 Å². The number of fused-ring (bicyclic) bond motifs is 1. The Morgan fingerprint density at radius 2 is 1.55 bits per heavy atom. The summed E-state index contributed by atoms with van der Waals surface area (Å²) in [7, 11) is 0. The van der Waals surface area contributed by atoms with Crippen LogP contribution >= 0.6 is 0 Å². The van der Waals surface area contributed by atoms with Gasteiger partial charge >= 0.3 is 0 Å². The summed E-state index contributed by atoms with van der Waals surface area (Å²) in [6.45, 7) is 38.9. The average molecular weight is 586 g/mol. The highest BCUT2D eigenvalue weighted by Gasteiger charge is 2.71. The number of nitrogens with one attached hydrogen (secondary N) is 1. The first-order chi connectivity index (χ1) is 19.0. The lowest BCUT2D eigenvalue weighted by Gasteiger charge is -2.42. The molecule has 4 nitrogen and oxygen atoms in total. The van der Waals surface area contributed by atoms with Gasteiger partial charge in [0.05, 0.1) is 17.2 Å². The van der Waals surface area contributed by atoms with Gasteiger partial charge in [-0.15, -0.1) is 13.2 Å². The molecule has 0 heterocycles. The minimum Gasteiger partial charge on any atom is -0.390 e. The molecule has 0 aromatic rings. The second-order valence-electron chi connectivity index (χ2n) is 16.6. The Morgan fingerprint density at radius 1 is 1.00 bits per heavy atom. The molecule has 0 aromatic carbocycles. The Kier molecular flexibility index (Phi) is 13.2. The Morgan fingerprint density at radius 3 is 2.00 bits per heavy atom. The number of aliphatic hydroxyl groups is 2. The number of carbonyl (C=O) groups is 1. The lowest BCUT2D eigenvalue weighted by atomic mass is 9.67. The van der Waals surface area contributed by atoms with Gasteiger partial charge in [-0.1, -0.05) is 87.6 Å². The van der Waals surface area contributed by atoms with Crippen molar-refractivity contribution in [2.45, 2.75) is 145 Å². The summed E-state index contributed by atoms with van der Waals surface area (Å²) in [6, 6.07) is -0.359. The predicted molar refractivity (Wildman–Crippen MR) is 181 cm³/mol. The van der Waals surface area contributed by atoms with Crippen molar-refractivity contribution in [3.05, 3.63) is 49.7 Å². The van der Waals surface area contributed by atoms with Crippen molar-refractivity contribution in [1.82, 2.24) is 5.32 Å². The van der Waals surface area contributed by atoms with Crippen LogP contribution in [0.15, 0.2) is 49.7 Å². The van der Waals surface area contributed by atoms with Crippen molar-refractivity contribution in [3.63, 3.8) is 0 Å². The number of unbranched alkanes of at least 4 members (excludes halogenated alkanes) is 1. The zero-order chi connectivity index (χ0) is 32.9. The topological polar surface area (TPSA) is 69.6 Å². The number of rotatable bonds is 15. The fourth-order valence-electron chi connectivity index (χ4n) is 7.16. The van der Waals surface area contributed by atoms with Crippen LogP contribution in [0.1, 0.15) is 128 Å². The van der Waals surface area contributed by atoms with E-state index >= 15 is 0 Å². The molecule has 3 N–H and O–H groups in total. The van der Waals surface area contributed by atoms with Gasteiger partial charge in [0, 0.05) is 17.5 Å². The average Bonchev–Trinajstić information content (AvgIpc) is 3.17. The van der Waals surface area contributed by atoms with Gasteiger partial charge in [0.2, 0.25) is 0 Å². The van der Waals surface area contributed by atoms with Crippen molar-refractivity contribution in [2.24, 2.45) is 39.9 Å². The monoisotopic (exact) mass is 586 g/mol. The first-order valence-corrected chi connectivity index (χ1v) is 16.3. The molecule has 42 heavy (non-hydrogen) atoms. The van der Waals surface area contributed by atoms with Crippen LogP contribution in [0.4, 0.5) is 0 Å². The molecule has 2 aliphatic rings. The Bertz CT molecular complexity index is 956. The molecule has 2 rings (SSSR count). The Hall–Kier alpha value is -1.65. The van der Waals surface area contributed by atoms with E-state index in [1.807, 2.05) is 26.0 Å². The van der Waals surface area contributed by atoms with Crippen molar-refractivity contribution < 1.29 is 15.0 Å². The van der Waals surface area contributed by atoms with Crippen LogP contribution in [0.25, 0.3) is 0 Å². The van der Waals surface area contributed by atoms with Crippen molar-refractivity contribution >= 4 is 5.78 Å². The van der Waals surface area contributed by atoms with E-state index in [1.165, 1.54) is 0 Å². The maximum absolute atomic E-state index is 14.3. The van der Waals surface area contributed by atoms with Crippen molar-refractivity contribution in [3.8, 4) is 0 Å². The first-order valence-electron chi connectivity index (χ1n) is 16.3. The molecule has 7 unspecified atom stereocenters. The fraction of sp³-hybridized carbons (Fsp3) is 0.763. The van der Waals surface area contributed by atoms with Crippen molar-refractivity contribution in [1.29, 1.82) is 0 Å². The highest BCUT2D eigenvalue weighted by atomic mass is 16.3. The van der Waals surface area contributed by atoms with Crippen LogP contribution in [-0.2, 0) is 4.79 Å². The zero-order valence-corrected chi connectivity index (χ0v) is 29.3. The third kappa shape index (κ3) is 10.2. The molecule has 0 radical (unpaired) electrons. The molecule has 4 heteroatoms. The van der Waals surface area contributed by atoms with E-state index < -0.39 is 11.2 Å². The molecule has 0 saturated heterocycles. The maximum Gasteiger partial charge on any atom is 0.159 e. The number of hydrogen-bond acceptors (Lipinski definition) is 4. The standard InChI is InChI=1S/C34H59NO3.C4H8/c1-14-15-16-18-33(12,37)22(2)17-19-34(13,38)26-24(20-25-27(26)32(25,10)11)28(36)29(31(7,8)9)35-23(3)21-30(4,5)6;1-3-4-2/h14,24-27,29,35,37-38H,1-3,15-21H2,4-13H3;3H,1,4H2,2H3. The molecule has 0 spiro atoms. The van der Waals surface area contributed by atoms with E-state index in [9.17, 15) is 15.0 Å². The molecular formula is C38H67NO3. The summed E-state index contributed by atoms with van der Waals surface area (Å²) in [6.07, 6.45) is 9.81. The van der Waals surface area contributed by atoms with Crippen LogP contribution in [0.2, 0.25) is 0 Å². The number of ketones is 1. The van der Waals surface area contributed by atoms with Gasteiger partial charge in [-0.2, -0.15) is 0 Å². The lowest BCUT2D eigenvalue weighted by molar-refractivity contribution is -0.134. The van der Waals surface area contributed by atoms with E-state index in [0.29, 0.717) is 31.1 Å². The van der Waals surface area contributed by atoms with Crippen LogP contribution in [0.3, 0.4) is 0 Å². The third-order valence-electron chi connectivity index (χ3n) is 9.85. The van der Waals surface area contributed by atoms with Crippen LogP contribution in [0.5, 0.6) is 0 Å². The Balaban J connectivity index is 0.00000206. The van der Waals surface area contributed by atoms with Gasteiger partial charge in [-0.3, -0.25) is 4.79 Å². The number of allylic oxidation sites excluding steroid dienone is 3. The molecular weight excluding hydrogens is 518 g/mol. The molecule has 0 aromatic heterocycles. The summed E-state index contributed by atoms with van der Waals surface area (Å²) in [4.78, 5) is 14.3.